The van der Waals surface area contributed by atoms with E-state index in [4.69, 9.17) is 15.9 Å². The maximum atomic E-state index is 13.5. The van der Waals surface area contributed by atoms with Gasteiger partial charge in [0, 0.05) is 5.56 Å². The molecule has 1 saturated carbocycles. The number of benzene rings is 1. The largest absolute Gasteiger partial charge is 0.484 e. The molecule has 0 aliphatic heterocycles. The van der Waals surface area contributed by atoms with Gasteiger partial charge in [0.1, 0.15) is 5.84 Å². The van der Waals surface area contributed by atoms with E-state index in [1.807, 2.05) is 0 Å². The van der Waals surface area contributed by atoms with E-state index in [0.717, 1.165) is 31.4 Å². The zero-order valence-electron chi connectivity index (χ0n) is 8.59. The number of hydrogen-bond acceptors (Lipinski definition) is 2. The lowest BCUT2D eigenvalue weighted by atomic mass is 9.96. The summed E-state index contributed by atoms with van der Waals surface area (Å²) in [4.78, 5) is 0. The highest BCUT2D eigenvalue weighted by Crippen LogP contribution is 2.29. The van der Waals surface area contributed by atoms with Crippen LogP contribution < -0.4 is 10.5 Å². The molecule has 3 nitrogen and oxygen atoms in total. The molecule has 0 spiro atoms. The van der Waals surface area contributed by atoms with Crippen molar-refractivity contribution >= 4 is 5.84 Å². The molecule has 0 radical (unpaired) electrons. The van der Waals surface area contributed by atoms with Crippen LogP contribution in [-0.2, 0) is 0 Å². The van der Waals surface area contributed by atoms with Gasteiger partial charge in [-0.2, -0.15) is 0 Å². The fourth-order valence-corrected chi connectivity index (χ4v) is 1.48. The van der Waals surface area contributed by atoms with E-state index >= 15 is 0 Å². The van der Waals surface area contributed by atoms with Crippen LogP contribution in [-0.4, -0.2) is 11.9 Å². The third-order valence-electron chi connectivity index (χ3n) is 2.65. The van der Waals surface area contributed by atoms with E-state index in [0.29, 0.717) is 0 Å². The van der Waals surface area contributed by atoms with Crippen LogP contribution in [0.4, 0.5) is 8.78 Å². The minimum Gasteiger partial charge on any atom is -0.484 e. The number of amidine groups is 1. The fraction of sp³-hybridized carbons (Fsp3) is 0.364. The molecular weight excluding hydrogens is 214 g/mol. The van der Waals surface area contributed by atoms with Gasteiger partial charge in [-0.05, 0) is 31.4 Å². The van der Waals surface area contributed by atoms with Crippen molar-refractivity contribution in [1.82, 2.24) is 0 Å². The topological polar surface area (TPSA) is 59.1 Å². The van der Waals surface area contributed by atoms with Crippen LogP contribution in [0, 0.1) is 17.0 Å². The number of hydrogen-bond donors (Lipinski definition) is 2. The molecule has 86 valence electrons. The molecule has 0 bridgehead atoms. The summed E-state index contributed by atoms with van der Waals surface area (Å²) >= 11 is 0. The standard InChI is InChI=1S/C11H12F2N2O/c12-8-4-6(11(14)15)5-9(13)10(8)16-7-2-1-3-7/h4-5,7H,1-3H2,(H3,14,15). The van der Waals surface area contributed by atoms with Gasteiger partial charge < -0.3 is 10.5 Å². The van der Waals surface area contributed by atoms with E-state index in [9.17, 15) is 8.78 Å². The molecular formula is C11H12F2N2O. The normalized spacial score (nSPS) is 15.6. The first-order valence-electron chi connectivity index (χ1n) is 5.08. The zero-order chi connectivity index (χ0) is 11.7. The van der Waals surface area contributed by atoms with Crippen molar-refractivity contribution in [2.45, 2.75) is 25.4 Å². The lowest BCUT2D eigenvalue weighted by Gasteiger charge is -2.26. The molecule has 1 aliphatic carbocycles. The van der Waals surface area contributed by atoms with Gasteiger partial charge in [-0.15, -0.1) is 0 Å². The summed E-state index contributed by atoms with van der Waals surface area (Å²) in [5, 5.41) is 7.09. The first kappa shape index (κ1) is 10.9. The van der Waals surface area contributed by atoms with Crippen molar-refractivity contribution in [2.24, 2.45) is 5.73 Å². The molecule has 1 aromatic carbocycles. The third-order valence-corrected chi connectivity index (χ3v) is 2.65. The number of nitrogen functional groups attached to an aromatic ring is 1. The minimum atomic E-state index is -0.808. The number of rotatable bonds is 3. The summed E-state index contributed by atoms with van der Waals surface area (Å²) in [5.41, 5.74) is 5.17. The molecule has 16 heavy (non-hydrogen) atoms. The maximum Gasteiger partial charge on any atom is 0.191 e. The molecule has 0 aromatic heterocycles. The van der Waals surface area contributed by atoms with Crippen molar-refractivity contribution in [3.05, 3.63) is 29.3 Å². The van der Waals surface area contributed by atoms with E-state index in [2.05, 4.69) is 0 Å². The summed E-state index contributed by atoms with van der Waals surface area (Å²) in [6.45, 7) is 0. The van der Waals surface area contributed by atoms with E-state index < -0.39 is 11.6 Å². The van der Waals surface area contributed by atoms with Crippen LogP contribution >= 0.6 is 0 Å². The molecule has 1 fully saturated rings. The Balaban J connectivity index is 2.27. The predicted octanol–water partition coefficient (Wildman–Crippen LogP) is 2.18. The summed E-state index contributed by atoms with van der Waals surface area (Å²) in [6, 6.07) is 2.03. The fourth-order valence-electron chi connectivity index (χ4n) is 1.48. The molecule has 5 heteroatoms. The number of nitrogens with two attached hydrogens (primary N) is 1. The summed E-state index contributed by atoms with van der Waals surface area (Å²) in [5.74, 6) is -2.35. The highest BCUT2D eigenvalue weighted by molar-refractivity contribution is 5.95. The Morgan fingerprint density at radius 2 is 1.88 bits per heavy atom. The molecule has 0 heterocycles. The van der Waals surface area contributed by atoms with Crippen molar-refractivity contribution in [1.29, 1.82) is 5.41 Å². The van der Waals surface area contributed by atoms with Gasteiger partial charge in [0.25, 0.3) is 0 Å². The van der Waals surface area contributed by atoms with Gasteiger partial charge in [-0.3, -0.25) is 5.41 Å². The molecule has 3 N–H and O–H groups in total. The highest BCUT2D eigenvalue weighted by Gasteiger charge is 2.23. The second-order valence-electron chi connectivity index (χ2n) is 3.85. The molecule has 1 aromatic rings. The van der Waals surface area contributed by atoms with E-state index in [-0.39, 0.29) is 23.3 Å². The molecule has 0 atom stereocenters. The molecule has 1 aliphatic rings. The van der Waals surface area contributed by atoms with Crippen LogP contribution in [0.15, 0.2) is 12.1 Å². The molecule has 2 rings (SSSR count). The van der Waals surface area contributed by atoms with Gasteiger partial charge in [0.05, 0.1) is 6.10 Å². The Hall–Kier alpha value is -1.65. The number of nitrogens with one attached hydrogen (secondary N) is 1. The van der Waals surface area contributed by atoms with E-state index in [1.54, 1.807) is 0 Å². The van der Waals surface area contributed by atoms with Crippen molar-refractivity contribution < 1.29 is 13.5 Å². The molecule has 0 saturated heterocycles. The predicted molar refractivity (Wildman–Crippen MR) is 55.6 cm³/mol. The average Bonchev–Trinajstić information content (AvgIpc) is 2.13. The second kappa shape index (κ2) is 4.08. The lowest BCUT2D eigenvalue weighted by Crippen LogP contribution is -2.25. The summed E-state index contributed by atoms with van der Waals surface area (Å²) in [7, 11) is 0. The van der Waals surface area contributed by atoms with Gasteiger partial charge in [0.2, 0.25) is 0 Å². The highest BCUT2D eigenvalue weighted by atomic mass is 19.1. The van der Waals surface area contributed by atoms with Crippen LogP contribution in [0.1, 0.15) is 24.8 Å². The average molecular weight is 226 g/mol. The first-order valence-corrected chi connectivity index (χ1v) is 5.08. The van der Waals surface area contributed by atoms with Crippen molar-refractivity contribution in [3.8, 4) is 5.75 Å². The van der Waals surface area contributed by atoms with Crippen molar-refractivity contribution in [2.75, 3.05) is 0 Å². The number of halogens is 2. The number of ether oxygens (including phenoxy) is 1. The van der Waals surface area contributed by atoms with Crippen molar-refractivity contribution in [3.63, 3.8) is 0 Å². The second-order valence-corrected chi connectivity index (χ2v) is 3.85. The third kappa shape index (κ3) is 1.98. The van der Waals surface area contributed by atoms with Gasteiger partial charge in [-0.25, -0.2) is 8.78 Å². The lowest BCUT2D eigenvalue weighted by molar-refractivity contribution is 0.109. The van der Waals surface area contributed by atoms with Crippen LogP contribution in [0.5, 0.6) is 5.75 Å². The monoisotopic (exact) mass is 226 g/mol. The van der Waals surface area contributed by atoms with E-state index in [1.165, 1.54) is 0 Å². The van der Waals surface area contributed by atoms with Crippen LogP contribution in [0.25, 0.3) is 0 Å². The zero-order valence-corrected chi connectivity index (χ0v) is 8.59. The van der Waals surface area contributed by atoms with Crippen LogP contribution in [0.2, 0.25) is 0 Å². The maximum absolute atomic E-state index is 13.5. The Morgan fingerprint density at radius 3 is 2.25 bits per heavy atom. The SMILES string of the molecule is N=C(N)c1cc(F)c(OC2CCC2)c(F)c1. The molecule has 0 amide bonds. The Kier molecular flexibility index (Phi) is 2.77. The smallest absolute Gasteiger partial charge is 0.191 e. The van der Waals surface area contributed by atoms with Gasteiger partial charge in [0.15, 0.2) is 17.4 Å². The molecule has 0 unspecified atom stereocenters. The Morgan fingerprint density at radius 1 is 1.31 bits per heavy atom. The van der Waals surface area contributed by atoms with Crippen LogP contribution in [0.3, 0.4) is 0 Å². The quantitative estimate of drug-likeness (QED) is 0.613. The van der Waals surface area contributed by atoms with Gasteiger partial charge >= 0.3 is 0 Å². The first-order chi connectivity index (χ1) is 7.58. The minimum absolute atomic E-state index is 0.0240. The van der Waals surface area contributed by atoms with Gasteiger partial charge in [-0.1, -0.05) is 0 Å². The summed E-state index contributed by atoms with van der Waals surface area (Å²) < 4.78 is 32.1. The summed E-state index contributed by atoms with van der Waals surface area (Å²) in [6.07, 6.45) is 2.59. The Bertz CT molecular complexity index is 407. The Labute approximate surface area is 91.7 Å².